The van der Waals surface area contributed by atoms with Crippen LogP contribution in [0.5, 0.6) is 11.5 Å². The molecular formula is C25H20N2O5. The Morgan fingerprint density at radius 3 is 2.38 bits per heavy atom. The minimum Gasteiger partial charge on any atom is -0.457 e. The summed E-state index contributed by atoms with van der Waals surface area (Å²) in [6.07, 6.45) is -0.306. The van der Waals surface area contributed by atoms with Crippen LogP contribution in [-0.4, -0.2) is 28.7 Å². The first-order chi connectivity index (χ1) is 15.6. The molecular weight excluding hydrogens is 408 g/mol. The van der Waals surface area contributed by atoms with Gasteiger partial charge >= 0.3 is 5.97 Å². The van der Waals surface area contributed by atoms with Crippen LogP contribution < -0.4 is 10.1 Å². The van der Waals surface area contributed by atoms with Crippen LogP contribution in [0.25, 0.3) is 0 Å². The summed E-state index contributed by atoms with van der Waals surface area (Å²) in [6, 6.07) is 22.6. The SMILES string of the molecule is O=C1O[C@H](N2C(=O)CC[C@H]2C(=O)Nc2ccc(Oc3ccccc3)cc2)c2ccccc21. The summed E-state index contributed by atoms with van der Waals surface area (Å²) in [4.78, 5) is 39.2. The second-order valence-corrected chi connectivity index (χ2v) is 7.63. The molecule has 0 bridgehead atoms. The number of para-hydroxylation sites is 1. The van der Waals surface area contributed by atoms with Gasteiger partial charge in [0.2, 0.25) is 18.0 Å². The second kappa shape index (κ2) is 8.19. The molecule has 3 aromatic carbocycles. The number of hydrogen-bond donors (Lipinski definition) is 1. The zero-order valence-corrected chi connectivity index (χ0v) is 17.1. The van der Waals surface area contributed by atoms with Gasteiger partial charge in [-0.2, -0.15) is 0 Å². The average molecular weight is 428 g/mol. The number of rotatable bonds is 5. The third kappa shape index (κ3) is 3.69. The van der Waals surface area contributed by atoms with Gasteiger partial charge in [-0.05, 0) is 48.9 Å². The number of esters is 1. The van der Waals surface area contributed by atoms with Crippen LogP contribution in [-0.2, 0) is 14.3 Å². The molecule has 2 amide bonds. The van der Waals surface area contributed by atoms with Crippen LogP contribution in [0.3, 0.4) is 0 Å². The molecule has 0 saturated carbocycles. The lowest BCUT2D eigenvalue weighted by Crippen LogP contribution is -2.43. The third-order valence-electron chi connectivity index (χ3n) is 5.58. The smallest absolute Gasteiger partial charge is 0.340 e. The number of fused-ring (bicyclic) bond motifs is 1. The van der Waals surface area contributed by atoms with Crippen molar-refractivity contribution in [3.63, 3.8) is 0 Å². The molecule has 2 heterocycles. The van der Waals surface area contributed by atoms with E-state index in [1.807, 2.05) is 30.3 Å². The van der Waals surface area contributed by atoms with Crippen molar-refractivity contribution >= 4 is 23.5 Å². The van der Waals surface area contributed by atoms with E-state index < -0.39 is 18.2 Å². The molecule has 1 N–H and O–H groups in total. The number of benzene rings is 3. The standard InChI is InChI=1S/C25H20N2O5/c28-22-15-14-21(27(22)24-19-8-4-5-9-20(19)25(30)32-24)23(29)26-16-10-12-18(13-11-16)31-17-6-2-1-3-7-17/h1-13,21,24H,14-15H2,(H,26,29)/t21-,24-/m0/s1. The van der Waals surface area contributed by atoms with Gasteiger partial charge in [0.05, 0.1) is 5.56 Å². The number of cyclic esters (lactones) is 1. The van der Waals surface area contributed by atoms with Crippen molar-refractivity contribution in [3.8, 4) is 11.5 Å². The molecule has 0 unspecified atom stereocenters. The van der Waals surface area contributed by atoms with E-state index in [1.54, 1.807) is 48.5 Å². The van der Waals surface area contributed by atoms with Crippen LogP contribution in [0.4, 0.5) is 5.69 Å². The second-order valence-electron chi connectivity index (χ2n) is 7.63. The first kappa shape index (κ1) is 19.8. The van der Waals surface area contributed by atoms with Crippen molar-refractivity contribution in [1.82, 2.24) is 4.90 Å². The normalized spacial score (nSPS) is 19.4. The molecule has 0 aliphatic carbocycles. The van der Waals surface area contributed by atoms with E-state index in [1.165, 1.54) is 4.90 Å². The first-order valence-corrected chi connectivity index (χ1v) is 10.3. The van der Waals surface area contributed by atoms with Gasteiger partial charge in [0, 0.05) is 17.7 Å². The van der Waals surface area contributed by atoms with E-state index in [9.17, 15) is 14.4 Å². The van der Waals surface area contributed by atoms with E-state index in [-0.39, 0.29) is 18.2 Å². The van der Waals surface area contributed by atoms with Gasteiger partial charge in [-0.3, -0.25) is 14.5 Å². The number of amides is 2. The number of carbonyl (C=O) groups excluding carboxylic acids is 3. The van der Waals surface area contributed by atoms with Gasteiger partial charge in [-0.25, -0.2) is 4.79 Å². The molecule has 2 atom stereocenters. The number of likely N-dealkylation sites (tertiary alicyclic amines) is 1. The lowest BCUT2D eigenvalue weighted by molar-refractivity contribution is -0.144. The Balaban J connectivity index is 1.30. The van der Waals surface area contributed by atoms with Gasteiger partial charge in [-0.15, -0.1) is 0 Å². The van der Waals surface area contributed by atoms with Crippen LogP contribution >= 0.6 is 0 Å². The Kier molecular flexibility index (Phi) is 5.07. The van der Waals surface area contributed by atoms with Crippen LogP contribution in [0.2, 0.25) is 0 Å². The van der Waals surface area contributed by atoms with Gasteiger partial charge < -0.3 is 14.8 Å². The van der Waals surface area contributed by atoms with Crippen molar-refractivity contribution in [3.05, 3.63) is 90.0 Å². The quantitative estimate of drug-likeness (QED) is 0.613. The molecule has 2 aliphatic heterocycles. The van der Waals surface area contributed by atoms with Crippen LogP contribution in [0.15, 0.2) is 78.9 Å². The predicted octanol–water partition coefficient (Wildman–Crippen LogP) is 4.28. The molecule has 1 fully saturated rings. The van der Waals surface area contributed by atoms with Crippen LogP contribution in [0, 0.1) is 0 Å². The number of nitrogens with zero attached hydrogens (tertiary/aromatic N) is 1. The van der Waals surface area contributed by atoms with Gasteiger partial charge in [0.25, 0.3) is 0 Å². The lowest BCUT2D eigenvalue weighted by Gasteiger charge is -2.29. The highest BCUT2D eigenvalue weighted by atomic mass is 16.6. The molecule has 1 saturated heterocycles. The number of hydrogen-bond acceptors (Lipinski definition) is 5. The minimum atomic E-state index is -0.883. The summed E-state index contributed by atoms with van der Waals surface area (Å²) in [5.41, 5.74) is 1.61. The molecule has 2 aliphatic rings. The maximum Gasteiger partial charge on any atom is 0.340 e. The fourth-order valence-corrected chi connectivity index (χ4v) is 4.04. The number of anilines is 1. The van der Waals surface area contributed by atoms with Crippen molar-refractivity contribution in [1.29, 1.82) is 0 Å². The average Bonchev–Trinajstić information content (AvgIpc) is 3.35. The summed E-state index contributed by atoms with van der Waals surface area (Å²) in [7, 11) is 0. The van der Waals surface area contributed by atoms with Crippen molar-refractivity contribution in [2.75, 3.05) is 5.32 Å². The Labute approximate surface area is 184 Å². The number of carbonyl (C=O) groups is 3. The topological polar surface area (TPSA) is 84.9 Å². The van der Waals surface area contributed by atoms with E-state index in [4.69, 9.17) is 9.47 Å². The van der Waals surface area contributed by atoms with Gasteiger partial charge in [0.1, 0.15) is 17.5 Å². The van der Waals surface area contributed by atoms with E-state index in [2.05, 4.69) is 5.32 Å². The molecule has 7 nitrogen and oxygen atoms in total. The summed E-state index contributed by atoms with van der Waals surface area (Å²) >= 11 is 0. The van der Waals surface area contributed by atoms with E-state index in [0.29, 0.717) is 29.0 Å². The highest BCUT2D eigenvalue weighted by Crippen LogP contribution is 2.38. The fourth-order valence-electron chi connectivity index (χ4n) is 4.04. The molecule has 0 radical (unpaired) electrons. The Morgan fingerprint density at radius 2 is 1.59 bits per heavy atom. The molecule has 0 spiro atoms. The first-order valence-electron chi connectivity index (χ1n) is 10.3. The summed E-state index contributed by atoms with van der Waals surface area (Å²) in [5.74, 6) is 0.329. The largest absolute Gasteiger partial charge is 0.457 e. The maximum absolute atomic E-state index is 13.0. The van der Waals surface area contributed by atoms with Gasteiger partial charge in [-0.1, -0.05) is 36.4 Å². The van der Waals surface area contributed by atoms with E-state index >= 15 is 0 Å². The zero-order valence-electron chi connectivity index (χ0n) is 17.1. The Morgan fingerprint density at radius 1 is 0.906 bits per heavy atom. The fraction of sp³-hybridized carbons (Fsp3) is 0.160. The highest BCUT2D eigenvalue weighted by Gasteiger charge is 2.46. The molecule has 7 heteroatoms. The van der Waals surface area contributed by atoms with Crippen molar-refractivity contribution < 1.29 is 23.9 Å². The van der Waals surface area contributed by atoms with Crippen LogP contribution in [0.1, 0.15) is 35.0 Å². The maximum atomic E-state index is 13.0. The summed E-state index contributed by atoms with van der Waals surface area (Å²) in [5, 5.41) is 2.86. The number of nitrogens with one attached hydrogen (secondary N) is 1. The zero-order chi connectivity index (χ0) is 22.1. The predicted molar refractivity (Wildman–Crippen MR) is 116 cm³/mol. The highest BCUT2D eigenvalue weighted by molar-refractivity contribution is 6.00. The van der Waals surface area contributed by atoms with Gasteiger partial charge in [0.15, 0.2) is 0 Å². The van der Waals surface area contributed by atoms with E-state index in [0.717, 1.165) is 5.75 Å². The number of ether oxygens (including phenoxy) is 2. The molecule has 0 aromatic heterocycles. The summed E-state index contributed by atoms with van der Waals surface area (Å²) in [6.45, 7) is 0. The summed E-state index contributed by atoms with van der Waals surface area (Å²) < 4.78 is 11.2. The molecule has 160 valence electrons. The Hall–Kier alpha value is -4.13. The van der Waals surface area contributed by atoms with Crippen molar-refractivity contribution in [2.45, 2.75) is 25.1 Å². The molecule has 3 aromatic rings. The molecule has 32 heavy (non-hydrogen) atoms. The third-order valence-corrected chi connectivity index (χ3v) is 5.58. The lowest BCUT2D eigenvalue weighted by atomic mass is 10.1. The molecule has 5 rings (SSSR count). The Bertz CT molecular complexity index is 1180. The van der Waals surface area contributed by atoms with Crippen molar-refractivity contribution in [2.24, 2.45) is 0 Å². The monoisotopic (exact) mass is 428 g/mol. The minimum absolute atomic E-state index is 0.216.